The average Bonchev–Trinajstić information content (AvgIpc) is 3.27. The highest BCUT2D eigenvalue weighted by atomic mass is 16.6. The molecule has 2 atom stereocenters. The normalized spacial score (nSPS) is 22.5. The van der Waals surface area contributed by atoms with E-state index in [1.54, 1.807) is 0 Å². The van der Waals surface area contributed by atoms with Crippen molar-refractivity contribution in [2.45, 2.75) is 12.2 Å². The van der Waals surface area contributed by atoms with E-state index < -0.39 is 0 Å². The summed E-state index contributed by atoms with van der Waals surface area (Å²) in [5.41, 5.74) is 5.37. The number of benzene rings is 3. The predicted molar refractivity (Wildman–Crippen MR) is 76.0 cm³/mol. The third-order valence-electron chi connectivity index (χ3n) is 4.27. The summed E-state index contributed by atoms with van der Waals surface area (Å²) in [6.07, 6.45) is 0.555. The van der Waals surface area contributed by atoms with Gasteiger partial charge >= 0.3 is 0 Å². The van der Waals surface area contributed by atoms with E-state index in [1.165, 1.54) is 33.0 Å². The molecule has 90 valence electrons. The molecule has 1 heterocycles. The Labute approximate surface area is 111 Å². The largest absolute Gasteiger partial charge is 0.359 e. The lowest BCUT2D eigenvalue weighted by Crippen LogP contribution is -1.99. The SMILES string of the molecule is c1ccc2c(c1)-c1cc3ccccc3cc1[C@@H]1O[C@H]21. The third-order valence-corrected chi connectivity index (χ3v) is 4.27. The molecule has 0 amide bonds. The van der Waals surface area contributed by atoms with Crippen molar-refractivity contribution in [3.05, 3.63) is 71.8 Å². The lowest BCUT2D eigenvalue weighted by Gasteiger charge is -2.17. The van der Waals surface area contributed by atoms with Gasteiger partial charge in [0.2, 0.25) is 0 Å². The summed E-state index contributed by atoms with van der Waals surface area (Å²) in [6, 6.07) is 21.8. The van der Waals surface area contributed by atoms with E-state index >= 15 is 0 Å². The van der Waals surface area contributed by atoms with E-state index in [4.69, 9.17) is 4.74 Å². The van der Waals surface area contributed by atoms with E-state index in [9.17, 15) is 0 Å². The first-order chi connectivity index (χ1) is 9.42. The van der Waals surface area contributed by atoms with E-state index in [0.29, 0.717) is 0 Å². The first-order valence-electron chi connectivity index (χ1n) is 6.69. The molecule has 0 spiro atoms. The molecule has 1 saturated heterocycles. The van der Waals surface area contributed by atoms with Crippen molar-refractivity contribution in [2.24, 2.45) is 0 Å². The molecule has 3 aromatic rings. The van der Waals surface area contributed by atoms with Crippen molar-refractivity contribution in [3.8, 4) is 11.1 Å². The Morgan fingerprint density at radius 1 is 0.632 bits per heavy atom. The summed E-state index contributed by atoms with van der Waals surface area (Å²) < 4.78 is 5.88. The average molecular weight is 244 g/mol. The van der Waals surface area contributed by atoms with Crippen LogP contribution < -0.4 is 0 Å². The maximum absolute atomic E-state index is 5.88. The van der Waals surface area contributed by atoms with Gasteiger partial charge in [-0.3, -0.25) is 0 Å². The highest BCUT2D eigenvalue weighted by molar-refractivity contribution is 5.91. The van der Waals surface area contributed by atoms with Crippen molar-refractivity contribution < 1.29 is 4.74 Å². The minimum atomic E-state index is 0.273. The molecular formula is C18H12O. The quantitative estimate of drug-likeness (QED) is 0.525. The topological polar surface area (TPSA) is 12.5 Å². The van der Waals surface area contributed by atoms with Gasteiger partial charge in [-0.2, -0.15) is 0 Å². The Morgan fingerprint density at radius 3 is 2.21 bits per heavy atom. The Hall–Kier alpha value is -2.12. The molecule has 0 bridgehead atoms. The van der Waals surface area contributed by atoms with Crippen LogP contribution in [0, 0.1) is 0 Å². The molecule has 2 aliphatic rings. The van der Waals surface area contributed by atoms with Crippen molar-refractivity contribution in [2.75, 3.05) is 0 Å². The Morgan fingerprint density at radius 2 is 1.32 bits per heavy atom. The van der Waals surface area contributed by atoms with Crippen LogP contribution in [-0.4, -0.2) is 0 Å². The number of hydrogen-bond donors (Lipinski definition) is 0. The van der Waals surface area contributed by atoms with Gasteiger partial charge in [0.25, 0.3) is 0 Å². The van der Waals surface area contributed by atoms with Crippen LogP contribution in [0.15, 0.2) is 60.7 Å². The fourth-order valence-corrected chi connectivity index (χ4v) is 3.30. The molecule has 0 N–H and O–H groups in total. The summed E-state index contributed by atoms with van der Waals surface area (Å²) in [4.78, 5) is 0. The number of fused-ring (bicyclic) bond motifs is 7. The van der Waals surface area contributed by atoms with Crippen molar-refractivity contribution >= 4 is 10.8 Å². The highest BCUT2D eigenvalue weighted by Gasteiger charge is 2.47. The second kappa shape index (κ2) is 3.25. The van der Waals surface area contributed by atoms with Crippen molar-refractivity contribution in [1.29, 1.82) is 0 Å². The van der Waals surface area contributed by atoms with Gasteiger partial charge in [-0.25, -0.2) is 0 Å². The van der Waals surface area contributed by atoms with Gasteiger partial charge in [-0.15, -0.1) is 0 Å². The van der Waals surface area contributed by atoms with Crippen LogP contribution in [-0.2, 0) is 4.74 Å². The molecule has 0 saturated carbocycles. The van der Waals surface area contributed by atoms with Crippen LogP contribution in [0.25, 0.3) is 21.9 Å². The van der Waals surface area contributed by atoms with Crippen molar-refractivity contribution in [3.63, 3.8) is 0 Å². The number of hydrogen-bond acceptors (Lipinski definition) is 1. The minimum Gasteiger partial charge on any atom is -0.359 e. The van der Waals surface area contributed by atoms with Gasteiger partial charge in [0.15, 0.2) is 0 Å². The van der Waals surface area contributed by atoms with Gasteiger partial charge in [-0.1, -0.05) is 48.5 Å². The highest BCUT2D eigenvalue weighted by Crippen LogP contribution is 2.59. The fraction of sp³-hybridized carbons (Fsp3) is 0.111. The second-order valence-electron chi connectivity index (χ2n) is 5.35. The van der Waals surface area contributed by atoms with Gasteiger partial charge in [-0.05, 0) is 45.2 Å². The van der Waals surface area contributed by atoms with Crippen LogP contribution in [0.5, 0.6) is 0 Å². The maximum atomic E-state index is 5.88. The molecule has 19 heavy (non-hydrogen) atoms. The molecule has 1 fully saturated rings. The minimum absolute atomic E-state index is 0.273. The van der Waals surface area contributed by atoms with Crippen LogP contribution >= 0.6 is 0 Å². The number of rotatable bonds is 0. The summed E-state index contributed by atoms with van der Waals surface area (Å²) in [6.45, 7) is 0. The maximum Gasteiger partial charge on any atom is 0.114 e. The second-order valence-corrected chi connectivity index (χ2v) is 5.35. The lowest BCUT2D eigenvalue weighted by molar-refractivity contribution is 0.380. The van der Waals surface area contributed by atoms with E-state index in [-0.39, 0.29) is 12.2 Å². The van der Waals surface area contributed by atoms with Crippen LogP contribution in [0.3, 0.4) is 0 Å². The molecule has 1 nitrogen and oxygen atoms in total. The molecule has 0 aromatic heterocycles. The molecule has 1 aliphatic carbocycles. The Bertz CT molecular complexity index is 819. The summed E-state index contributed by atoms with van der Waals surface area (Å²) in [7, 11) is 0. The Balaban J connectivity index is 1.90. The lowest BCUT2D eigenvalue weighted by atomic mass is 9.84. The summed E-state index contributed by atoms with van der Waals surface area (Å²) in [5.74, 6) is 0. The van der Waals surface area contributed by atoms with Gasteiger partial charge in [0.1, 0.15) is 12.2 Å². The zero-order valence-corrected chi connectivity index (χ0v) is 10.3. The van der Waals surface area contributed by atoms with E-state index in [1.807, 2.05) is 0 Å². The first-order valence-corrected chi connectivity index (χ1v) is 6.69. The van der Waals surface area contributed by atoms with Crippen LogP contribution in [0.2, 0.25) is 0 Å². The zero-order valence-electron chi connectivity index (χ0n) is 10.3. The Kier molecular flexibility index (Phi) is 1.67. The molecular weight excluding hydrogens is 232 g/mol. The molecule has 1 aliphatic heterocycles. The third kappa shape index (κ3) is 1.23. The standard InChI is InChI=1S/C18H12O/c1-2-6-12-10-16-15(9-11(12)5-1)13-7-3-4-8-14(13)17-18(16)19-17/h1-10,17-18H/t17-,18+/m1/s1. The number of epoxide rings is 1. The van der Waals surface area contributed by atoms with Crippen LogP contribution in [0.1, 0.15) is 23.3 Å². The summed E-state index contributed by atoms with van der Waals surface area (Å²) >= 11 is 0. The van der Waals surface area contributed by atoms with Crippen molar-refractivity contribution in [1.82, 2.24) is 0 Å². The summed E-state index contributed by atoms with van der Waals surface area (Å²) in [5, 5.41) is 2.60. The number of ether oxygens (including phenoxy) is 1. The smallest absolute Gasteiger partial charge is 0.114 e. The zero-order chi connectivity index (χ0) is 12.4. The van der Waals surface area contributed by atoms with Gasteiger partial charge in [0, 0.05) is 0 Å². The molecule has 0 radical (unpaired) electrons. The molecule has 5 rings (SSSR count). The molecule has 1 heteroatoms. The molecule has 0 unspecified atom stereocenters. The van der Waals surface area contributed by atoms with E-state index in [2.05, 4.69) is 60.7 Å². The predicted octanol–water partition coefficient (Wildman–Crippen LogP) is 4.63. The van der Waals surface area contributed by atoms with Gasteiger partial charge < -0.3 is 4.74 Å². The van der Waals surface area contributed by atoms with E-state index in [0.717, 1.165) is 0 Å². The van der Waals surface area contributed by atoms with Crippen LogP contribution in [0.4, 0.5) is 0 Å². The monoisotopic (exact) mass is 244 g/mol. The first kappa shape index (κ1) is 9.76. The fourth-order valence-electron chi connectivity index (χ4n) is 3.30. The molecule has 3 aromatic carbocycles. The van der Waals surface area contributed by atoms with Gasteiger partial charge in [0.05, 0.1) is 0 Å².